The predicted octanol–water partition coefficient (Wildman–Crippen LogP) is 2.21. The molecule has 4 aromatic heterocycles. The van der Waals surface area contributed by atoms with Gasteiger partial charge in [0.05, 0.1) is 11.6 Å². The smallest absolute Gasteiger partial charge is 0.177 e. The molecule has 0 amide bonds. The first kappa shape index (κ1) is 15.5. The van der Waals surface area contributed by atoms with Crippen LogP contribution in [0.4, 0.5) is 5.82 Å². The van der Waals surface area contributed by atoms with Crippen LogP contribution in [0.5, 0.6) is 0 Å². The summed E-state index contributed by atoms with van der Waals surface area (Å²) >= 11 is 8.92. The van der Waals surface area contributed by atoms with E-state index in [4.69, 9.17) is 17.3 Å². The Morgan fingerprint density at radius 3 is 2.92 bits per heavy atom. The van der Waals surface area contributed by atoms with Crippen molar-refractivity contribution in [3.63, 3.8) is 0 Å². The maximum atomic E-state index is 9.34. The van der Waals surface area contributed by atoms with Crippen LogP contribution in [0.2, 0.25) is 5.02 Å². The highest BCUT2D eigenvalue weighted by Crippen LogP contribution is 2.36. The number of anilines is 1. The molecule has 0 saturated heterocycles. The van der Waals surface area contributed by atoms with Crippen molar-refractivity contribution in [2.24, 2.45) is 0 Å². The number of hydrogen-bond donors (Lipinski definition) is 2. The van der Waals surface area contributed by atoms with Crippen molar-refractivity contribution in [1.82, 2.24) is 29.5 Å². The van der Waals surface area contributed by atoms with E-state index in [0.717, 1.165) is 9.17 Å². The molecule has 0 aromatic carbocycles. The van der Waals surface area contributed by atoms with Crippen LogP contribution in [-0.4, -0.2) is 41.2 Å². The topological polar surface area (TPSA) is 116 Å². The van der Waals surface area contributed by atoms with Gasteiger partial charge in [0.15, 0.2) is 26.5 Å². The first-order valence-corrected chi connectivity index (χ1v) is 8.85. The van der Waals surface area contributed by atoms with Crippen LogP contribution in [0.15, 0.2) is 28.1 Å². The third-order valence-electron chi connectivity index (χ3n) is 3.26. The minimum atomic E-state index is -0.0455. The van der Waals surface area contributed by atoms with Crippen LogP contribution in [0.25, 0.3) is 21.5 Å². The lowest BCUT2D eigenvalue weighted by Crippen LogP contribution is -2.04. The van der Waals surface area contributed by atoms with E-state index in [0.29, 0.717) is 39.2 Å². The van der Waals surface area contributed by atoms with Crippen LogP contribution in [0.3, 0.4) is 0 Å². The molecule has 0 fully saturated rings. The molecular formula is C13H10ClN7OS2. The maximum Gasteiger partial charge on any atom is 0.177 e. The molecule has 0 aliphatic rings. The lowest BCUT2D eigenvalue weighted by molar-refractivity contribution is 0.273. The summed E-state index contributed by atoms with van der Waals surface area (Å²) in [6.07, 6.45) is 3.03. The molecule has 0 aliphatic heterocycles. The van der Waals surface area contributed by atoms with Gasteiger partial charge in [-0.15, -0.1) is 0 Å². The fraction of sp³-hybridized carbons (Fsp3) is 0.154. The molecule has 0 unspecified atom stereocenters. The van der Waals surface area contributed by atoms with E-state index in [-0.39, 0.29) is 6.61 Å². The molecule has 0 saturated carbocycles. The SMILES string of the molecule is Nc1ncnc2c1nc(Sc1nc3c(Cl)ccnc3s1)n2CCO. The molecule has 0 bridgehead atoms. The molecule has 8 nitrogen and oxygen atoms in total. The van der Waals surface area contributed by atoms with Crippen molar-refractivity contribution in [3.05, 3.63) is 23.6 Å². The lowest BCUT2D eigenvalue weighted by atomic mass is 10.5. The minimum Gasteiger partial charge on any atom is -0.395 e. The van der Waals surface area contributed by atoms with E-state index in [1.54, 1.807) is 16.8 Å². The van der Waals surface area contributed by atoms with Crippen molar-refractivity contribution < 1.29 is 5.11 Å². The van der Waals surface area contributed by atoms with Gasteiger partial charge in [0, 0.05) is 12.7 Å². The highest BCUT2D eigenvalue weighted by Gasteiger charge is 2.18. The third kappa shape index (κ3) is 2.57. The fourth-order valence-electron chi connectivity index (χ4n) is 2.22. The number of thiazole rings is 1. The Morgan fingerprint density at radius 1 is 1.25 bits per heavy atom. The van der Waals surface area contributed by atoms with E-state index in [2.05, 4.69) is 24.9 Å². The second-order valence-electron chi connectivity index (χ2n) is 4.73. The average molecular weight is 380 g/mol. The van der Waals surface area contributed by atoms with Gasteiger partial charge in [-0.05, 0) is 17.8 Å². The zero-order valence-electron chi connectivity index (χ0n) is 12.0. The number of hydrogen-bond acceptors (Lipinski definition) is 9. The molecule has 4 heterocycles. The Balaban J connectivity index is 1.81. The summed E-state index contributed by atoms with van der Waals surface area (Å²) in [7, 11) is 0. The number of fused-ring (bicyclic) bond motifs is 2. The summed E-state index contributed by atoms with van der Waals surface area (Å²) in [6, 6.07) is 1.70. The molecule has 0 atom stereocenters. The fourth-order valence-corrected chi connectivity index (χ4v) is 4.48. The Labute approximate surface area is 148 Å². The Hall–Kier alpha value is -2.01. The monoisotopic (exact) mass is 379 g/mol. The predicted molar refractivity (Wildman–Crippen MR) is 93.4 cm³/mol. The van der Waals surface area contributed by atoms with Gasteiger partial charge in [-0.2, -0.15) is 0 Å². The van der Waals surface area contributed by atoms with E-state index >= 15 is 0 Å². The van der Waals surface area contributed by atoms with Gasteiger partial charge in [0.2, 0.25) is 0 Å². The van der Waals surface area contributed by atoms with E-state index < -0.39 is 0 Å². The van der Waals surface area contributed by atoms with E-state index in [1.807, 2.05) is 0 Å². The Bertz CT molecular complexity index is 1050. The summed E-state index contributed by atoms with van der Waals surface area (Å²) in [5.74, 6) is 0.299. The van der Waals surface area contributed by atoms with Crippen molar-refractivity contribution >= 4 is 62.0 Å². The zero-order valence-corrected chi connectivity index (χ0v) is 14.4. The summed E-state index contributed by atoms with van der Waals surface area (Å²) in [5, 5.41) is 10.5. The van der Waals surface area contributed by atoms with Gasteiger partial charge >= 0.3 is 0 Å². The van der Waals surface area contributed by atoms with E-state index in [1.165, 1.54) is 29.4 Å². The van der Waals surface area contributed by atoms with Gasteiger partial charge in [-0.1, -0.05) is 22.9 Å². The number of nitrogen functional groups attached to an aromatic ring is 1. The Kier molecular flexibility index (Phi) is 3.96. The van der Waals surface area contributed by atoms with Gasteiger partial charge < -0.3 is 15.4 Å². The molecule has 4 rings (SSSR count). The van der Waals surface area contributed by atoms with Crippen LogP contribution in [0.1, 0.15) is 0 Å². The molecule has 0 aliphatic carbocycles. The molecule has 24 heavy (non-hydrogen) atoms. The Morgan fingerprint density at radius 2 is 2.12 bits per heavy atom. The summed E-state index contributed by atoms with van der Waals surface area (Å²) in [5.41, 5.74) is 7.62. The second-order valence-corrected chi connectivity index (χ2v) is 7.33. The standard InChI is InChI=1S/C13H10ClN7OS2/c14-6-1-2-16-11-7(6)20-13(23-11)24-12-19-8-9(15)17-5-18-10(8)21(12)3-4-22/h1-2,5,22H,3-4H2,(H2,15,17,18). The van der Waals surface area contributed by atoms with Crippen LogP contribution in [-0.2, 0) is 6.54 Å². The number of aliphatic hydroxyl groups excluding tert-OH is 1. The number of nitrogens with zero attached hydrogens (tertiary/aromatic N) is 6. The first-order chi connectivity index (χ1) is 11.7. The van der Waals surface area contributed by atoms with Gasteiger partial charge in [-0.25, -0.2) is 24.9 Å². The molecule has 11 heteroatoms. The highest BCUT2D eigenvalue weighted by molar-refractivity contribution is 8.01. The number of halogens is 1. The third-order valence-corrected chi connectivity index (χ3v) is 5.58. The van der Waals surface area contributed by atoms with Crippen LogP contribution >= 0.6 is 34.7 Å². The van der Waals surface area contributed by atoms with E-state index in [9.17, 15) is 5.11 Å². The number of imidazole rings is 1. The van der Waals surface area contributed by atoms with Gasteiger partial charge in [0.25, 0.3) is 0 Å². The number of aliphatic hydroxyl groups is 1. The van der Waals surface area contributed by atoms with Crippen molar-refractivity contribution in [1.29, 1.82) is 0 Å². The molecule has 4 aromatic rings. The number of pyridine rings is 1. The normalized spacial score (nSPS) is 11.6. The van der Waals surface area contributed by atoms with Crippen LogP contribution in [0, 0.1) is 0 Å². The van der Waals surface area contributed by atoms with Crippen LogP contribution < -0.4 is 5.73 Å². The van der Waals surface area contributed by atoms with Crippen molar-refractivity contribution in [2.75, 3.05) is 12.3 Å². The largest absolute Gasteiger partial charge is 0.395 e. The number of aromatic nitrogens is 6. The van der Waals surface area contributed by atoms with Gasteiger partial charge in [0.1, 0.15) is 16.7 Å². The van der Waals surface area contributed by atoms with Crippen molar-refractivity contribution in [2.45, 2.75) is 16.0 Å². The number of nitrogens with two attached hydrogens (primary N) is 1. The summed E-state index contributed by atoms with van der Waals surface area (Å²) < 4.78 is 2.53. The molecule has 122 valence electrons. The number of rotatable bonds is 4. The van der Waals surface area contributed by atoms with Gasteiger partial charge in [-0.3, -0.25) is 0 Å². The second kappa shape index (κ2) is 6.13. The highest BCUT2D eigenvalue weighted by atomic mass is 35.5. The first-order valence-electron chi connectivity index (χ1n) is 6.84. The molecule has 0 radical (unpaired) electrons. The summed E-state index contributed by atoms with van der Waals surface area (Å²) in [6.45, 7) is 0.301. The maximum absolute atomic E-state index is 9.34. The molecule has 3 N–H and O–H groups in total. The summed E-state index contributed by atoms with van der Waals surface area (Å²) in [4.78, 5) is 22.2. The quantitative estimate of drug-likeness (QED) is 0.554. The average Bonchev–Trinajstić information content (AvgIpc) is 3.12. The minimum absolute atomic E-state index is 0.0455. The lowest BCUT2D eigenvalue weighted by Gasteiger charge is -2.04. The van der Waals surface area contributed by atoms with Crippen molar-refractivity contribution in [3.8, 4) is 0 Å². The zero-order chi connectivity index (χ0) is 16.7. The molecule has 0 spiro atoms. The molecular weight excluding hydrogens is 370 g/mol.